The van der Waals surface area contributed by atoms with Gasteiger partial charge in [0.1, 0.15) is 6.04 Å². The molecule has 0 saturated carbocycles. The number of nitrogens with zero attached hydrogens (tertiary/aromatic N) is 1. The summed E-state index contributed by atoms with van der Waals surface area (Å²) < 4.78 is 0. The van der Waals surface area contributed by atoms with Crippen LogP contribution in [-0.4, -0.2) is 55.7 Å². The lowest BCUT2D eigenvalue weighted by Crippen LogP contribution is -2.53. The van der Waals surface area contributed by atoms with Gasteiger partial charge in [0, 0.05) is 12.2 Å². The number of anilines is 2. The second-order valence-electron chi connectivity index (χ2n) is 10.5. The Morgan fingerprint density at radius 2 is 1.80 bits per heavy atom. The molecule has 2 atom stereocenters. The molecule has 0 spiro atoms. The summed E-state index contributed by atoms with van der Waals surface area (Å²) in [6.07, 6.45) is 2.47. The number of thioether (sulfide) groups is 1. The van der Waals surface area contributed by atoms with Crippen LogP contribution in [0.15, 0.2) is 65.6 Å². The van der Waals surface area contributed by atoms with Gasteiger partial charge in [0.15, 0.2) is 0 Å². The number of carbonyl (C=O) groups is 3. The van der Waals surface area contributed by atoms with E-state index in [1.165, 1.54) is 11.8 Å². The number of nitrogens with one attached hydrogen (secondary N) is 4. The van der Waals surface area contributed by atoms with E-state index in [-0.39, 0.29) is 17.7 Å². The van der Waals surface area contributed by atoms with Crippen molar-refractivity contribution in [3.8, 4) is 0 Å². The Kier molecular flexibility index (Phi) is 9.04. The van der Waals surface area contributed by atoms with E-state index in [2.05, 4.69) is 39.5 Å². The summed E-state index contributed by atoms with van der Waals surface area (Å²) in [4.78, 5) is 42.5. The monoisotopic (exact) mass is 559 g/mol. The first-order chi connectivity index (χ1) is 19.4. The molecule has 210 valence electrons. The lowest BCUT2D eigenvalue weighted by molar-refractivity contribution is -0.128. The smallest absolute Gasteiger partial charge is 0.250 e. The van der Waals surface area contributed by atoms with Crippen molar-refractivity contribution < 1.29 is 14.4 Å². The van der Waals surface area contributed by atoms with E-state index in [0.717, 1.165) is 52.8 Å². The first-order valence-corrected chi connectivity index (χ1v) is 14.9. The fraction of sp³-hybridized carbons (Fsp3) is 0.387. The predicted molar refractivity (Wildman–Crippen MR) is 162 cm³/mol. The summed E-state index contributed by atoms with van der Waals surface area (Å²) in [7, 11) is 1.72. The van der Waals surface area contributed by atoms with E-state index >= 15 is 0 Å². The molecule has 0 aliphatic carbocycles. The number of likely N-dealkylation sites (N-methyl/N-ethyl adjacent to an activating group) is 1. The number of fused-ring (bicyclic) bond motifs is 2. The van der Waals surface area contributed by atoms with E-state index in [1.807, 2.05) is 42.5 Å². The highest BCUT2D eigenvalue weighted by molar-refractivity contribution is 7.99. The van der Waals surface area contributed by atoms with Crippen molar-refractivity contribution >= 4 is 51.6 Å². The highest BCUT2D eigenvalue weighted by Gasteiger charge is 2.34. The van der Waals surface area contributed by atoms with Crippen LogP contribution in [0.3, 0.4) is 0 Å². The SMILES string of the molecule is CN[C@@H](C)C(=O)N[C@H]1CSc2c(NC(=O)CC3CCNCC3)cccc2N(Cc2cccc3ccccc23)C1=O. The molecule has 3 aromatic rings. The number of rotatable bonds is 8. The molecule has 0 unspecified atom stereocenters. The maximum atomic E-state index is 14.1. The molecular weight excluding hydrogens is 522 g/mol. The Bertz CT molecular complexity index is 1390. The Labute approximate surface area is 239 Å². The van der Waals surface area contributed by atoms with Crippen LogP contribution < -0.4 is 26.2 Å². The minimum atomic E-state index is -0.714. The van der Waals surface area contributed by atoms with Crippen molar-refractivity contribution in [3.63, 3.8) is 0 Å². The number of amides is 3. The predicted octanol–water partition coefficient (Wildman–Crippen LogP) is 3.90. The second kappa shape index (κ2) is 12.8. The second-order valence-corrected chi connectivity index (χ2v) is 11.6. The molecule has 9 heteroatoms. The topological polar surface area (TPSA) is 103 Å². The van der Waals surface area contributed by atoms with Gasteiger partial charge in [-0.15, -0.1) is 11.8 Å². The van der Waals surface area contributed by atoms with Crippen molar-refractivity contribution in [2.24, 2.45) is 5.92 Å². The maximum absolute atomic E-state index is 14.1. The molecule has 2 heterocycles. The van der Waals surface area contributed by atoms with Gasteiger partial charge in [0.05, 0.1) is 28.9 Å². The zero-order valence-corrected chi connectivity index (χ0v) is 23.9. The lowest BCUT2D eigenvalue weighted by Gasteiger charge is -2.27. The number of benzene rings is 3. The van der Waals surface area contributed by atoms with Crippen LogP contribution in [0.4, 0.5) is 11.4 Å². The van der Waals surface area contributed by atoms with E-state index in [4.69, 9.17) is 0 Å². The van der Waals surface area contributed by atoms with E-state index < -0.39 is 12.1 Å². The molecule has 5 rings (SSSR count). The molecule has 3 amide bonds. The average Bonchev–Trinajstić information content (AvgIpc) is 3.10. The van der Waals surface area contributed by atoms with Crippen molar-refractivity contribution in [2.75, 3.05) is 36.1 Å². The van der Waals surface area contributed by atoms with Crippen LogP contribution in [0.25, 0.3) is 10.8 Å². The summed E-state index contributed by atoms with van der Waals surface area (Å²) in [5.74, 6) is 0.322. The fourth-order valence-electron chi connectivity index (χ4n) is 5.38. The molecule has 0 aromatic heterocycles. The minimum Gasteiger partial charge on any atom is -0.342 e. The van der Waals surface area contributed by atoms with Crippen LogP contribution >= 0.6 is 11.8 Å². The van der Waals surface area contributed by atoms with Crippen molar-refractivity contribution in [1.82, 2.24) is 16.0 Å². The van der Waals surface area contributed by atoms with Gasteiger partial charge in [-0.3, -0.25) is 14.4 Å². The largest absolute Gasteiger partial charge is 0.342 e. The molecule has 0 bridgehead atoms. The van der Waals surface area contributed by atoms with Gasteiger partial charge in [-0.1, -0.05) is 48.5 Å². The fourth-order valence-corrected chi connectivity index (χ4v) is 6.54. The summed E-state index contributed by atoms with van der Waals surface area (Å²) >= 11 is 1.49. The van der Waals surface area contributed by atoms with Gasteiger partial charge in [0.2, 0.25) is 11.8 Å². The molecule has 4 N–H and O–H groups in total. The van der Waals surface area contributed by atoms with E-state index in [1.54, 1.807) is 18.9 Å². The number of piperidine rings is 1. The molecule has 3 aromatic carbocycles. The third kappa shape index (κ3) is 6.32. The molecule has 8 nitrogen and oxygen atoms in total. The Hall–Kier alpha value is -3.40. The van der Waals surface area contributed by atoms with Crippen molar-refractivity contribution in [2.45, 2.75) is 49.7 Å². The van der Waals surface area contributed by atoms with Gasteiger partial charge >= 0.3 is 0 Å². The Morgan fingerprint density at radius 3 is 2.60 bits per heavy atom. The van der Waals surface area contributed by atoms with Crippen LogP contribution in [0, 0.1) is 5.92 Å². The zero-order chi connectivity index (χ0) is 28.1. The third-order valence-corrected chi connectivity index (χ3v) is 9.02. The van der Waals surface area contributed by atoms with Crippen molar-refractivity contribution in [3.05, 3.63) is 66.2 Å². The molecule has 2 aliphatic rings. The molecule has 2 aliphatic heterocycles. The molecular formula is C31H37N5O3S. The highest BCUT2D eigenvalue weighted by Crippen LogP contribution is 2.41. The average molecular weight is 560 g/mol. The van der Waals surface area contributed by atoms with Gasteiger partial charge in [-0.25, -0.2) is 0 Å². The first-order valence-electron chi connectivity index (χ1n) is 14.0. The summed E-state index contributed by atoms with van der Waals surface area (Å²) in [5.41, 5.74) is 2.45. The van der Waals surface area contributed by atoms with E-state index in [0.29, 0.717) is 30.3 Å². The van der Waals surface area contributed by atoms with Crippen LogP contribution in [0.2, 0.25) is 0 Å². The van der Waals surface area contributed by atoms with Gasteiger partial charge in [-0.05, 0) is 74.3 Å². The Balaban J connectivity index is 1.48. The summed E-state index contributed by atoms with van der Waals surface area (Å²) in [6.45, 7) is 3.99. The lowest BCUT2D eigenvalue weighted by atomic mass is 9.94. The van der Waals surface area contributed by atoms with Gasteiger partial charge in [0.25, 0.3) is 5.91 Å². The standard InChI is InChI=1S/C31H37N5O3S/c1-20(32-2)30(38)35-26-19-40-29-25(34-28(37)17-21-13-15-33-16-14-21)11-6-12-27(29)36(31(26)39)18-23-9-5-8-22-7-3-4-10-24(22)23/h3-12,20-21,26,32-33H,13-19H2,1-2H3,(H,34,37)(H,35,38)/t20-,26-/m0/s1. The number of carbonyl (C=O) groups excluding carboxylic acids is 3. The minimum absolute atomic E-state index is 0.00947. The van der Waals surface area contributed by atoms with Gasteiger partial charge in [-0.2, -0.15) is 0 Å². The highest BCUT2D eigenvalue weighted by atomic mass is 32.2. The number of hydrogen-bond acceptors (Lipinski definition) is 6. The zero-order valence-electron chi connectivity index (χ0n) is 23.0. The summed E-state index contributed by atoms with van der Waals surface area (Å²) in [6, 6.07) is 18.8. The van der Waals surface area contributed by atoms with Crippen LogP contribution in [0.5, 0.6) is 0 Å². The van der Waals surface area contributed by atoms with E-state index in [9.17, 15) is 14.4 Å². The van der Waals surface area contributed by atoms with Crippen LogP contribution in [-0.2, 0) is 20.9 Å². The number of hydrogen-bond donors (Lipinski definition) is 4. The van der Waals surface area contributed by atoms with Gasteiger partial charge < -0.3 is 26.2 Å². The quantitative estimate of drug-likeness (QED) is 0.334. The molecule has 1 fully saturated rings. The molecule has 0 radical (unpaired) electrons. The Morgan fingerprint density at radius 1 is 1.05 bits per heavy atom. The normalized spacial score (nSPS) is 18.6. The molecule has 1 saturated heterocycles. The summed E-state index contributed by atoms with van der Waals surface area (Å²) in [5, 5.41) is 14.6. The first kappa shape index (κ1) is 28.1. The van der Waals surface area contributed by atoms with Crippen LogP contribution in [0.1, 0.15) is 31.7 Å². The maximum Gasteiger partial charge on any atom is 0.250 e. The third-order valence-electron chi connectivity index (χ3n) is 7.80. The van der Waals surface area contributed by atoms with Crippen molar-refractivity contribution in [1.29, 1.82) is 0 Å². The molecule has 40 heavy (non-hydrogen) atoms.